The first-order valence-electron chi connectivity index (χ1n) is 9.33. The fourth-order valence-corrected chi connectivity index (χ4v) is 2.95. The number of methoxy groups -OCH3 is 1. The van der Waals surface area contributed by atoms with E-state index in [1.54, 1.807) is 0 Å². The monoisotopic (exact) mass is 397 g/mol. The number of hydrogen-bond acceptors (Lipinski definition) is 4. The van der Waals surface area contributed by atoms with Crippen molar-refractivity contribution >= 4 is 0 Å². The standard InChI is InChI=1S/C21H26F3NO3/c1-6-14(7-2)27-19-11-13(4)20(25-17(19)8-3)16-10-9-15(12-18(16)26-5)28-21(22,23)24/h9-12,14H,6-8H2,1-5H3. The highest BCUT2D eigenvalue weighted by Gasteiger charge is 2.31. The summed E-state index contributed by atoms with van der Waals surface area (Å²) in [7, 11) is 1.40. The molecule has 7 heteroatoms. The topological polar surface area (TPSA) is 40.6 Å². The summed E-state index contributed by atoms with van der Waals surface area (Å²) >= 11 is 0. The van der Waals surface area contributed by atoms with Crippen LogP contribution in [0.25, 0.3) is 11.3 Å². The molecule has 2 rings (SSSR count). The second-order valence-corrected chi connectivity index (χ2v) is 6.42. The Morgan fingerprint density at radius 3 is 2.25 bits per heavy atom. The van der Waals surface area contributed by atoms with E-state index in [1.165, 1.54) is 25.3 Å². The van der Waals surface area contributed by atoms with Crippen LogP contribution in [0.2, 0.25) is 0 Å². The summed E-state index contributed by atoms with van der Waals surface area (Å²) in [4.78, 5) is 4.73. The number of rotatable bonds is 8. The van der Waals surface area contributed by atoms with Gasteiger partial charge in [0.05, 0.1) is 24.6 Å². The minimum atomic E-state index is -4.76. The molecule has 0 aliphatic rings. The Kier molecular flexibility index (Phi) is 7.16. The van der Waals surface area contributed by atoms with E-state index in [9.17, 15) is 13.2 Å². The van der Waals surface area contributed by atoms with Gasteiger partial charge in [-0.05, 0) is 49.9 Å². The summed E-state index contributed by atoms with van der Waals surface area (Å²) in [5.41, 5.74) is 2.88. The fourth-order valence-electron chi connectivity index (χ4n) is 2.95. The molecule has 0 saturated carbocycles. The third-order valence-electron chi connectivity index (χ3n) is 4.45. The van der Waals surface area contributed by atoms with Gasteiger partial charge in [0.25, 0.3) is 0 Å². The highest BCUT2D eigenvalue weighted by molar-refractivity contribution is 5.72. The van der Waals surface area contributed by atoms with Crippen LogP contribution in [0.4, 0.5) is 13.2 Å². The van der Waals surface area contributed by atoms with Gasteiger partial charge >= 0.3 is 6.36 Å². The van der Waals surface area contributed by atoms with E-state index in [0.717, 1.165) is 29.8 Å². The van der Waals surface area contributed by atoms with Crippen molar-refractivity contribution in [2.24, 2.45) is 0 Å². The molecule has 0 bridgehead atoms. The number of hydrogen-bond donors (Lipinski definition) is 0. The lowest BCUT2D eigenvalue weighted by molar-refractivity contribution is -0.274. The van der Waals surface area contributed by atoms with Gasteiger partial charge in [-0.15, -0.1) is 13.2 Å². The van der Waals surface area contributed by atoms with Gasteiger partial charge in [0.1, 0.15) is 17.2 Å². The SMILES string of the molecule is CCc1nc(-c2ccc(OC(F)(F)F)cc2OC)c(C)cc1OC(CC)CC. The maximum absolute atomic E-state index is 12.5. The quantitative estimate of drug-likeness (QED) is 0.540. The molecule has 1 aromatic carbocycles. The average Bonchev–Trinajstić information content (AvgIpc) is 2.65. The van der Waals surface area contributed by atoms with E-state index in [2.05, 4.69) is 18.6 Å². The number of aromatic nitrogens is 1. The summed E-state index contributed by atoms with van der Waals surface area (Å²) < 4.78 is 52.8. The van der Waals surface area contributed by atoms with Crippen molar-refractivity contribution < 1.29 is 27.4 Å². The third-order valence-corrected chi connectivity index (χ3v) is 4.45. The smallest absolute Gasteiger partial charge is 0.496 e. The fraction of sp³-hybridized carbons (Fsp3) is 0.476. The predicted molar refractivity (Wildman–Crippen MR) is 102 cm³/mol. The van der Waals surface area contributed by atoms with E-state index >= 15 is 0 Å². The molecule has 0 aliphatic carbocycles. The number of benzene rings is 1. The third kappa shape index (κ3) is 5.30. The van der Waals surface area contributed by atoms with Crippen LogP contribution < -0.4 is 14.2 Å². The minimum Gasteiger partial charge on any atom is -0.496 e. The molecule has 0 spiro atoms. The van der Waals surface area contributed by atoms with E-state index in [0.29, 0.717) is 17.7 Å². The van der Waals surface area contributed by atoms with Crippen LogP contribution in [0, 0.1) is 6.92 Å². The lowest BCUT2D eigenvalue weighted by atomic mass is 10.0. The maximum Gasteiger partial charge on any atom is 0.573 e. The average molecular weight is 397 g/mol. The normalized spacial score (nSPS) is 11.6. The van der Waals surface area contributed by atoms with Gasteiger partial charge in [0, 0.05) is 11.6 Å². The van der Waals surface area contributed by atoms with Crippen LogP contribution in [0.5, 0.6) is 17.2 Å². The van der Waals surface area contributed by atoms with Crippen molar-refractivity contribution in [1.82, 2.24) is 4.98 Å². The molecule has 0 amide bonds. The van der Waals surface area contributed by atoms with Crippen molar-refractivity contribution in [2.75, 3.05) is 7.11 Å². The molecule has 0 atom stereocenters. The zero-order chi connectivity index (χ0) is 20.9. The van der Waals surface area contributed by atoms with Gasteiger partial charge < -0.3 is 14.2 Å². The summed E-state index contributed by atoms with van der Waals surface area (Å²) in [6.07, 6.45) is -2.18. The van der Waals surface area contributed by atoms with Crippen LogP contribution in [-0.4, -0.2) is 24.6 Å². The Hall–Kier alpha value is -2.44. The number of nitrogens with zero attached hydrogens (tertiary/aromatic N) is 1. The number of ether oxygens (including phenoxy) is 3. The number of halogens is 3. The van der Waals surface area contributed by atoms with Crippen LogP contribution in [-0.2, 0) is 6.42 Å². The minimum absolute atomic E-state index is 0.116. The molecule has 28 heavy (non-hydrogen) atoms. The Labute approximate surface area is 163 Å². The maximum atomic E-state index is 12.5. The lowest BCUT2D eigenvalue weighted by Gasteiger charge is -2.20. The molecule has 1 aromatic heterocycles. The van der Waals surface area contributed by atoms with E-state index in [-0.39, 0.29) is 17.6 Å². The Morgan fingerprint density at radius 1 is 1.04 bits per heavy atom. The molecule has 0 fully saturated rings. The molecule has 154 valence electrons. The van der Waals surface area contributed by atoms with Crippen molar-refractivity contribution in [3.63, 3.8) is 0 Å². The summed E-state index contributed by atoms with van der Waals surface area (Å²) in [6.45, 7) is 8.02. The predicted octanol–water partition coefficient (Wildman–Crippen LogP) is 6.09. The van der Waals surface area contributed by atoms with Crippen molar-refractivity contribution in [3.05, 3.63) is 35.5 Å². The Balaban J connectivity index is 2.47. The molecule has 0 unspecified atom stereocenters. The molecule has 0 N–H and O–H groups in total. The van der Waals surface area contributed by atoms with Crippen LogP contribution >= 0.6 is 0 Å². The molecule has 2 aromatic rings. The zero-order valence-electron chi connectivity index (χ0n) is 16.8. The molecular weight excluding hydrogens is 371 g/mol. The van der Waals surface area contributed by atoms with Crippen LogP contribution in [0.3, 0.4) is 0 Å². The Morgan fingerprint density at radius 2 is 1.71 bits per heavy atom. The summed E-state index contributed by atoms with van der Waals surface area (Å²) in [5.74, 6) is 0.664. The molecule has 4 nitrogen and oxygen atoms in total. The van der Waals surface area contributed by atoms with Gasteiger partial charge in [-0.1, -0.05) is 20.8 Å². The van der Waals surface area contributed by atoms with Gasteiger partial charge in [-0.3, -0.25) is 0 Å². The molecule has 0 radical (unpaired) electrons. The van der Waals surface area contributed by atoms with Crippen LogP contribution in [0.15, 0.2) is 24.3 Å². The largest absolute Gasteiger partial charge is 0.573 e. The number of alkyl halides is 3. The molecule has 0 saturated heterocycles. The van der Waals surface area contributed by atoms with E-state index in [4.69, 9.17) is 14.5 Å². The summed E-state index contributed by atoms with van der Waals surface area (Å²) in [6, 6.07) is 5.92. The second-order valence-electron chi connectivity index (χ2n) is 6.42. The number of pyridine rings is 1. The second kappa shape index (κ2) is 9.17. The van der Waals surface area contributed by atoms with Crippen molar-refractivity contribution in [1.29, 1.82) is 0 Å². The molecule has 0 aliphatic heterocycles. The molecular formula is C21H26F3NO3. The zero-order valence-corrected chi connectivity index (χ0v) is 16.8. The van der Waals surface area contributed by atoms with Crippen molar-refractivity contribution in [3.8, 4) is 28.5 Å². The lowest BCUT2D eigenvalue weighted by Crippen LogP contribution is -2.17. The van der Waals surface area contributed by atoms with Crippen LogP contribution in [0.1, 0.15) is 44.9 Å². The van der Waals surface area contributed by atoms with E-state index < -0.39 is 6.36 Å². The first-order chi connectivity index (χ1) is 13.2. The summed E-state index contributed by atoms with van der Waals surface area (Å²) in [5, 5.41) is 0. The van der Waals surface area contributed by atoms with Gasteiger partial charge in [0.15, 0.2) is 0 Å². The van der Waals surface area contributed by atoms with E-state index in [1.807, 2.05) is 19.9 Å². The first-order valence-corrected chi connectivity index (χ1v) is 9.33. The van der Waals surface area contributed by atoms with Gasteiger partial charge in [0.2, 0.25) is 0 Å². The van der Waals surface area contributed by atoms with Gasteiger partial charge in [-0.2, -0.15) is 0 Å². The first kappa shape index (κ1) is 21.9. The Bertz CT molecular complexity index is 802. The van der Waals surface area contributed by atoms with Gasteiger partial charge in [-0.25, -0.2) is 4.98 Å². The highest BCUT2D eigenvalue weighted by Crippen LogP contribution is 2.37. The highest BCUT2D eigenvalue weighted by atomic mass is 19.4. The number of aryl methyl sites for hydroxylation is 2. The van der Waals surface area contributed by atoms with Crippen molar-refractivity contribution in [2.45, 2.75) is 59.4 Å². The molecule has 1 heterocycles.